The van der Waals surface area contributed by atoms with Gasteiger partial charge in [-0.15, -0.1) is 10.2 Å². The van der Waals surface area contributed by atoms with Gasteiger partial charge in [-0.2, -0.15) is 5.10 Å². The van der Waals surface area contributed by atoms with Gasteiger partial charge in [0.1, 0.15) is 5.01 Å². The van der Waals surface area contributed by atoms with E-state index >= 15 is 0 Å². The number of nitrogens with one attached hydrogen (secondary N) is 1. The number of benzene rings is 1. The largest absolute Gasteiger partial charge is 0.271 e. The average molecular weight is 384 g/mol. The minimum atomic E-state index is -0.251. The summed E-state index contributed by atoms with van der Waals surface area (Å²) in [5.41, 5.74) is 5.62. The first kappa shape index (κ1) is 18.2. The van der Waals surface area contributed by atoms with E-state index in [2.05, 4.69) is 25.7 Å². The molecule has 26 heavy (non-hydrogen) atoms. The zero-order valence-electron chi connectivity index (χ0n) is 14.3. The second-order valence-electron chi connectivity index (χ2n) is 5.43. The molecule has 1 aromatic carbocycles. The number of thioether (sulfide) groups is 1. The molecule has 1 N–H and O–H groups in total. The summed E-state index contributed by atoms with van der Waals surface area (Å²) in [7, 11) is 0. The monoisotopic (exact) mass is 383 g/mol. The predicted molar refractivity (Wildman–Crippen MR) is 105 cm³/mol. The van der Waals surface area contributed by atoms with Gasteiger partial charge in [0, 0.05) is 17.5 Å². The Hall–Kier alpha value is -2.58. The van der Waals surface area contributed by atoms with E-state index in [1.807, 2.05) is 37.3 Å². The maximum atomic E-state index is 12.2. The smallest absolute Gasteiger partial charge is 0.267 e. The van der Waals surface area contributed by atoms with Crippen LogP contribution in [0, 0.1) is 6.92 Å². The number of carbonyl (C=O) groups excluding carboxylic acids is 1. The van der Waals surface area contributed by atoms with Crippen LogP contribution in [0.5, 0.6) is 0 Å². The Labute approximate surface area is 159 Å². The molecule has 0 aliphatic heterocycles. The maximum absolute atomic E-state index is 12.2. The van der Waals surface area contributed by atoms with E-state index in [4.69, 9.17) is 0 Å². The Morgan fingerprint density at radius 3 is 2.65 bits per heavy atom. The highest BCUT2D eigenvalue weighted by atomic mass is 32.2. The summed E-state index contributed by atoms with van der Waals surface area (Å²) in [6, 6.07) is 13.0. The molecule has 2 heterocycles. The number of rotatable bonds is 6. The van der Waals surface area contributed by atoms with Crippen LogP contribution in [0.3, 0.4) is 0 Å². The molecule has 0 saturated heterocycles. The van der Waals surface area contributed by atoms with Gasteiger partial charge in [0.05, 0.1) is 11.4 Å². The number of nitrogens with zero attached hydrogens (tertiary/aromatic N) is 4. The number of amides is 1. The molecule has 0 aliphatic carbocycles. The molecule has 0 unspecified atom stereocenters. The summed E-state index contributed by atoms with van der Waals surface area (Å²) < 4.78 is 0.948. The van der Waals surface area contributed by atoms with E-state index in [1.165, 1.54) is 0 Å². The Kier molecular flexibility index (Phi) is 6.08. The Morgan fingerprint density at radius 2 is 2.00 bits per heavy atom. The summed E-state index contributed by atoms with van der Waals surface area (Å²) in [6.45, 7) is 3.74. The van der Waals surface area contributed by atoms with Crippen molar-refractivity contribution < 1.29 is 4.79 Å². The number of hydrogen-bond donors (Lipinski definition) is 1. The molecule has 2 aromatic heterocycles. The highest BCUT2D eigenvalue weighted by molar-refractivity contribution is 8.00. The molecule has 132 valence electrons. The Bertz CT molecular complexity index is 907. The number of hydrazone groups is 1. The van der Waals surface area contributed by atoms with Crippen molar-refractivity contribution in [2.75, 3.05) is 0 Å². The van der Waals surface area contributed by atoms with Crippen molar-refractivity contribution in [3.8, 4) is 0 Å². The third kappa shape index (κ3) is 4.96. The van der Waals surface area contributed by atoms with E-state index in [0.29, 0.717) is 11.3 Å². The third-order valence-corrected chi connectivity index (χ3v) is 5.49. The van der Waals surface area contributed by atoms with Crippen molar-refractivity contribution in [2.24, 2.45) is 5.10 Å². The lowest BCUT2D eigenvalue weighted by atomic mass is 10.1. The summed E-state index contributed by atoms with van der Waals surface area (Å²) in [5.74, 6) is 0.534. The van der Waals surface area contributed by atoms with Crippen LogP contribution in [-0.2, 0) is 5.75 Å². The predicted octanol–water partition coefficient (Wildman–Crippen LogP) is 3.69. The van der Waals surface area contributed by atoms with Crippen LogP contribution in [0.1, 0.15) is 33.5 Å². The molecule has 0 fully saturated rings. The summed E-state index contributed by atoms with van der Waals surface area (Å²) in [4.78, 5) is 16.4. The van der Waals surface area contributed by atoms with Gasteiger partial charge in [-0.05, 0) is 43.7 Å². The van der Waals surface area contributed by atoms with Gasteiger partial charge in [-0.25, -0.2) is 5.43 Å². The minimum Gasteiger partial charge on any atom is -0.267 e. The number of aromatic nitrogens is 3. The molecule has 3 rings (SSSR count). The SMILES string of the molecule is C/C(=N\NC(=O)c1ccc(CSc2nnc(C)s2)cc1)c1ccccn1. The summed E-state index contributed by atoms with van der Waals surface area (Å²) in [6.07, 6.45) is 1.69. The van der Waals surface area contributed by atoms with Gasteiger partial charge in [0.15, 0.2) is 4.34 Å². The zero-order valence-corrected chi connectivity index (χ0v) is 16.0. The lowest BCUT2D eigenvalue weighted by Gasteiger charge is -2.04. The van der Waals surface area contributed by atoms with Crippen molar-refractivity contribution in [3.63, 3.8) is 0 Å². The molecule has 1 amide bonds. The van der Waals surface area contributed by atoms with Crippen LogP contribution in [0.25, 0.3) is 0 Å². The second-order valence-corrected chi connectivity index (χ2v) is 7.83. The first-order valence-electron chi connectivity index (χ1n) is 7.90. The first-order valence-corrected chi connectivity index (χ1v) is 9.70. The highest BCUT2D eigenvalue weighted by Crippen LogP contribution is 2.25. The van der Waals surface area contributed by atoms with Crippen LogP contribution in [-0.4, -0.2) is 26.8 Å². The molecule has 0 spiro atoms. The van der Waals surface area contributed by atoms with E-state index in [-0.39, 0.29) is 5.91 Å². The molecular formula is C18H17N5OS2. The Balaban J connectivity index is 1.56. The molecule has 0 radical (unpaired) electrons. The fourth-order valence-electron chi connectivity index (χ4n) is 2.07. The zero-order chi connectivity index (χ0) is 18.4. The van der Waals surface area contributed by atoms with Crippen molar-refractivity contribution in [1.29, 1.82) is 0 Å². The van der Waals surface area contributed by atoms with Crippen LogP contribution in [0.4, 0.5) is 0 Å². The molecule has 6 nitrogen and oxygen atoms in total. The topological polar surface area (TPSA) is 80.1 Å². The first-order chi connectivity index (χ1) is 12.6. The van der Waals surface area contributed by atoms with Gasteiger partial charge in [-0.1, -0.05) is 41.3 Å². The summed E-state index contributed by atoms with van der Waals surface area (Å²) >= 11 is 3.22. The standard InChI is InChI=1S/C18H17N5OS2/c1-12(16-5-3-4-10-19-16)20-22-17(24)15-8-6-14(7-9-15)11-25-18-23-21-13(2)26-18/h3-10H,11H2,1-2H3,(H,22,24)/b20-12+. The van der Waals surface area contributed by atoms with E-state index in [1.54, 1.807) is 48.4 Å². The fraction of sp³-hybridized carbons (Fsp3) is 0.167. The lowest BCUT2D eigenvalue weighted by Crippen LogP contribution is -2.19. The van der Waals surface area contributed by atoms with Crippen molar-refractivity contribution in [2.45, 2.75) is 23.9 Å². The van der Waals surface area contributed by atoms with Gasteiger partial charge in [0.25, 0.3) is 5.91 Å². The van der Waals surface area contributed by atoms with Crippen molar-refractivity contribution >= 4 is 34.7 Å². The quantitative estimate of drug-likeness (QED) is 0.399. The molecule has 0 aliphatic rings. The van der Waals surface area contributed by atoms with Crippen LogP contribution < -0.4 is 5.43 Å². The Morgan fingerprint density at radius 1 is 1.19 bits per heavy atom. The van der Waals surface area contributed by atoms with Gasteiger partial charge < -0.3 is 0 Å². The number of hydrogen-bond acceptors (Lipinski definition) is 7. The second kappa shape index (κ2) is 8.68. The highest BCUT2D eigenvalue weighted by Gasteiger charge is 2.07. The molecule has 0 saturated carbocycles. The number of aryl methyl sites for hydroxylation is 1. The van der Waals surface area contributed by atoms with Crippen LogP contribution in [0.15, 0.2) is 58.1 Å². The van der Waals surface area contributed by atoms with E-state index in [9.17, 15) is 4.79 Å². The third-order valence-electron chi connectivity index (χ3n) is 3.45. The molecule has 0 bridgehead atoms. The lowest BCUT2D eigenvalue weighted by molar-refractivity contribution is 0.0955. The molecule has 3 aromatic rings. The van der Waals surface area contributed by atoms with Gasteiger partial charge in [-0.3, -0.25) is 9.78 Å². The van der Waals surface area contributed by atoms with E-state index < -0.39 is 0 Å². The van der Waals surface area contributed by atoms with Crippen molar-refractivity contribution in [1.82, 2.24) is 20.6 Å². The number of pyridine rings is 1. The average Bonchev–Trinajstić information content (AvgIpc) is 3.10. The molecule has 8 heteroatoms. The molecule has 0 atom stereocenters. The molecular weight excluding hydrogens is 366 g/mol. The fourth-order valence-corrected chi connectivity index (χ4v) is 3.84. The van der Waals surface area contributed by atoms with Gasteiger partial charge in [0.2, 0.25) is 0 Å². The van der Waals surface area contributed by atoms with Crippen LogP contribution >= 0.6 is 23.1 Å². The minimum absolute atomic E-state index is 0.251. The van der Waals surface area contributed by atoms with E-state index in [0.717, 1.165) is 26.4 Å². The normalized spacial score (nSPS) is 11.4. The number of carbonyl (C=O) groups is 1. The summed E-state index contributed by atoms with van der Waals surface area (Å²) in [5, 5.41) is 13.2. The van der Waals surface area contributed by atoms with Crippen molar-refractivity contribution in [3.05, 3.63) is 70.5 Å². The van der Waals surface area contributed by atoms with Gasteiger partial charge >= 0.3 is 0 Å². The van der Waals surface area contributed by atoms with Crippen LogP contribution in [0.2, 0.25) is 0 Å². The maximum Gasteiger partial charge on any atom is 0.271 e.